The number of rotatable bonds is 5. The summed E-state index contributed by atoms with van der Waals surface area (Å²) in [6.07, 6.45) is 0. The molecule has 2 heterocycles. The number of hydrogen-bond acceptors (Lipinski definition) is 6. The molecule has 0 aliphatic rings. The number of ether oxygens (including phenoxy) is 1. The van der Waals surface area contributed by atoms with Crippen LogP contribution in [0.3, 0.4) is 0 Å². The zero-order valence-electron chi connectivity index (χ0n) is 14.0. The minimum atomic E-state index is -0.600. The smallest absolute Gasteiger partial charge is 0.360 e. The van der Waals surface area contributed by atoms with Gasteiger partial charge in [-0.25, -0.2) is 4.79 Å². The predicted octanol–water partition coefficient (Wildman–Crippen LogP) is 5.01. The van der Waals surface area contributed by atoms with Crippen LogP contribution < -0.4 is 0 Å². The molecule has 0 saturated carbocycles. The van der Waals surface area contributed by atoms with Gasteiger partial charge in [-0.05, 0) is 24.3 Å². The number of esters is 1. The first kappa shape index (κ1) is 17.1. The highest BCUT2D eigenvalue weighted by molar-refractivity contribution is 6.30. The van der Waals surface area contributed by atoms with Crippen LogP contribution in [0.5, 0.6) is 0 Å². The number of aromatic nitrogens is 2. The summed E-state index contributed by atoms with van der Waals surface area (Å²) in [5.74, 6) is 0.455. The van der Waals surface area contributed by atoms with Crippen LogP contribution in [0, 0.1) is 0 Å². The van der Waals surface area contributed by atoms with Gasteiger partial charge in [0.15, 0.2) is 17.2 Å². The quantitative estimate of drug-likeness (QED) is 0.453. The van der Waals surface area contributed by atoms with Crippen molar-refractivity contribution >= 4 is 17.6 Å². The van der Waals surface area contributed by atoms with E-state index in [-0.39, 0.29) is 12.3 Å². The van der Waals surface area contributed by atoms with Crippen molar-refractivity contribution in [2.75, 3.05) is 0 Å². The van der Waals surface area contributed by atoms with Crippen LogP contribution in [0.25, 0.3) is 22.6 Å². The summed E-state index contributed by atoms with van der Waals surface area (Å²) < 4.78 is 15.7. The van der Waals surface area contributed by atoms with Gasteiger partial charge in [-0.3, -0.25) is 0 Å². The van der Waals surface area contributed by atoms with Crippen molar-refractivity contribution in [3.8, 4) is 22.6 Å². The van der Waals surface area contributed by atoms with E-state index < -0.39 is 5.97 Å². The van der Waals surface area contributed by atoms with Crippen LogP contribution in [0.15, 0.2) is 75.8 Å². The van der Waals surface area contributed by atoms with Gasteiger partial charge < -0.3 is 13.8 Å². The van der Waals surface area contributed by atoms with E-state index in [0.29, 0.717) is 22.2 Å². The van der Waals surface area contributed by atoms with Crippen LogP contribution in [0.1, 0.15) is 16.2 Å². The van der Waals surface area contributed by atoms with Crippen LogP contribution in [-0.4, -0.2) is 16.3 Å². The lowest BCUT2D eigenvalue weighted by molar-refractivity contribution is 0.0452. The fourth-order valence-electron chi connectivity index (χ4n) is 2.45. The second-order valence-electron chi connectivity index (χ2n) is 5.71. The highest BCUT2D eigenvalue weighted by atomic mass is 35.5. The average molecular weight is 381 g/mol. The van der Waals surface area contributed by atoms with Gasteiger partial charge in [-0.2, -0.15) is 0 Å². The lowest BCUT2D eigenvalue weighted by Gasteiger charge is -1.97. The molecule has 4 rings (SSSR count). The Morgan fingerprint density at radius 2 is 1.56 bits per heavy atom. The SMILES string of the molecule is O=C(OCc1cc(-c2ccc(Cl)cc2)on1)c1cc(-c2ccccc2)on1. The molecular formula is C20H13ClN2O4. The Morgan fingerprint density at radius 3 is 2.33 bits per heavy atom. The minimum absolute atomic E-state index is 0.0382. The normalized spacial score (nSPS) is 10.7. The van der Waals surface area contributed by atoms with Crippen molar-refractivity contribution in [1.82, 2.24) is 10.3 Å². The first-order chi connectivity index (χ1) is 13.2. The fourth-order valence-corrected chi connectivity index (χ4v) is 2.58. The summed E-state index contributed by atoms with van der Waals surface area (Å²) >= 11 is 5.87. The van der Waals surface area contributed by atoms with E-state index in [2.05, 4.69) is 10.3 Å². The van der Waals surface area contributed by atoms with Gasteiger partial charge in [-0.15, -0.1) is 0 Å². The molecule has 27 heavy (non-hydrogen) atoms. The summed E-state index contributed by atoms with van der Waals surface area (Å²) in [7, 11) is 0. The molecule has 0 amide bonds. The zero-order valence-corrected chi connectivity index (χ0v) is 14.7. The van der Waals surface area contributed by atoms with E-state index in [1.807, 2.05) is 42.5 Å². The Kier molecular flexibility index (Phi) is 4.72. The largest absolute Gasteiger partial charge is 0.454 e. The first-order valence-electron chi connectivity index (χ1n) is 8.10. The third-order valence-electron chi connectivity index (χ3n) is 3.82. The number of carbonyl (C=O) groups excluding carboxylic acids is 1. The number of nitrogens with zero attached hydrogens (tertiary/aromatic N) is 2. The summed E-state index contributed by atoms with van der Waals surface area (Å²) in [5, 5.41) is 8.30. The monoisotopic (exact) mass is 380 g/mol. The van der Waals surface area contributed by atoms with Gasteiger partial charge in [0.1, 0.15) is 12.3 Å². The third-order valence-corrected chi connectivity index (χ3v) is 4.07. The predicted molar refractivity (Wildman–Crippen MR) is 98.0 cm³/mol. The Balaban J connectivity index is 1.40. The molecule has 0 saturated heterocycles. The Hall–Kier alpha value is -3.38. The van der Waals surface area contributed by atoms with Crippen molar-refractivity contribution in [2.24, 2.45) is 0 Å². The maximum atomic E-state index is 12.2. The number of halogens is 1. The van der Waals surface area contributed by atoms with E-state index in [1.54, 1.807) is 24.3 Å². The maximum Gasteiger partial charge on any atom is 0.360 e. The summed E-state index contributed by atoms with van der Waals surface area (Å²) in [6, 6.07) is 19.8. The van der Waals surface area contributed by atoms with Crippen molar-refractivity contribution in [3.05, 3.63) is 83.1 Å². The van der Waals surface area contributed by atoms with E-state index in [0.717, 1.165) is 11.1 Å². The van der Waals surface area contributed by atoms with Gasteiger partial charge in [0.05, 0.1) is 0 Å². The fraction of sp³-hybridized carbons (Fsp3) is 0.0500. The van der Waals surface area contributed by atoms with Crippen molar-refractivity contribution in [1.29, 1.82) is 0 Å². The number of carbonyl (C=O) groups is 1. The second kappa shape index (κ2) is 7.47. The van der Waals surface area contributed by atoms with Crippen LogP contribution in [0.2, 0.25) is 5.02 Å². The molecule has 0 radical (unpaired) electrons. The molecule has 6 nitrogen and oxygen atoms in total. The van der Waals surface area contributed by atoms with Crippen molar-refractivity contribution < 1.29 is 18.6 Å². The highest BCUT2D eigenvalue weighted by Crippen LogP contribution is 2.23. The standard InChI is InChI=1S/C20H13ClN2O4/c21-15-8-6-14(7-9-15)18-10-16(22-26-18)12-25-20(24)17-11-19(27-23-17)13-4-2-1-3-5-13/h1-11H,12H2. The Labute approximate surface area is 159 Å². The van der Waals surface area contributed by atoms with Crippen LogP contribution >= 0.6 is 11.6 Å². The minimum Gasteiger partial charge on any atom is -0.454 e. The zero-order chi connectivity index (χ0) is 18.6. The molecule has 0 aliphatic heterocycles. The van der Waals surface area contributed by atoms with E-state index in [4.69, 9.17) is 25.4 Å². The maximum absolute atomic E-state index is 12.2. The molecule has 0 fully saturated rings. The van der Waals surface area contributed by atoms with Gasteiger partial charge in [-0.1, -0.05) is 52.2 Å². The van der Waals surface area contributed by atoms with Crippen LogP contribution in [-0.2, 0) is 11.3 Å². The summed E-state index contributed by atoms with van der Waals surface area (Å²) in [4.78, 5) is 12.2. The molecule has 7 heteroatoms. The van der Waals surface area contributed by atoms with Crippen molar-refractivity contribution in [3.63, 3.8) is 0 Å². The van der Waals surface area contributed by atoms with Crippen molar-refractivity contribution in [2.45, 2.75) is 6.61 Å². The molecule has 0 atom stereocenters. The van der Waals surface area contributed by atoms with Crippen LogP contribution in [0.4, 0.5) is 0 Å². The van der Waals surface area contributed by atoms with E-state index >= 15 is 0 Å². The lowest BCUT2D eigenvalue weighted by atomic mass is 10.1. The van der Waals surface area contributed by atoms with Gasteiger partial charge >= 0.3 is 5.97 Å². The second-order valence-corrected chi connectivity index (χ2v) is 6.14. The van der Waals surface area contributed by atoms with E-state index in [9.17, 15) is 4.79 Å². The first-order valence-corrected chi connectivity index (χ1v) is 8.47. The molecular weight excluding hydrogens is 368 g/mol. The molecule has 2 aromatic carbocycles. The molecule has 0 spiro atoms. The summed E-state index contributed by atoms with van der Waals surface area (Å²) in [6.45, 7) is -0.0382. The molecule has 4 aromatic rings. The third kappa shape index (κ3) is 3.91. The number of benzene rings is 2. The molecule has 0 unspecified atom stereocenters. The molecule has 0 aliphatic carbocycles. The topological polar surface area (TPSA) is 78.4 Å². The van der Waals surface area contributed by atoms with Gasteiger partial charge in [0, 0.05) is 28.3 Å². The molecule has 0 N–H and O–H groups in total. The molecule has 2 aromatic heterocycles. The lowest BCUT2D eigenvalue weighted by Crippen LogP contribution is -2.05. The number of hydrogen-bond donors (Lipinski definition) is 0. The average Bonchev–Trinajstić information content (AvgIpc) is 3.37. The Morgan fingerprint density at radius 1 is 0.889 bits per heavy atom. The van der Waals surface area contributed by atoms with E-state index in [1.165, 1.54) is 0 Å². The summed E-state index contributed by atoms with van der Waals surface area (Å²) in [5.41, 5.74) is 2.23. The highest BCUT2D eigenvalue weighted by Gasteiger charge is 2.16. The molecule has 0 bridgehead atoms. The Bertz CT molecular complexity index is 1060. The van der Waals surface area contributed by atoms with Gasteiger partial charge in [0.25, 0.3) is 0 Å². The van der Waals surface area contributed by atoms with Gasteiger partial charge in [0.2, 0.25) is 0 Å². The molecule has 134 valence electrons.